The highest BCUT2D eigenvalue weighted by Crippen LogP contribution is 2.31. The summed E-state index contributed by atoms with van der Waals surface area (Å²) >= 11 is 6.13. The van der Waals surface area contributed by atoms with Crippen LogP contribution in [-0.4, -0.2) is 4.98 Å². The molecule has 0 aliphatic heterocycles. The van der Waals surface area contributed by atoms with Gasteiger partial charge in [0.15, 0.2) is 0 Å². The van der Waals surface area contributed by atoms with E-state index in [1.165, 1.54) is 0 Å². The van der Waals surface area contributed by atoms with Gasteiger partial charge in [0.2, 0.25) is 0 Å². The van der Waals surface area contributed by atoms with E-state index in [-0.39, 0.29) is 5.54 Å². The molecule has 0 aliphatic rings. The number of hydrogen-bond acceptors (Lipinski definition) is 1. The number of rotatable bonds is 1. The van der Waals surface area contributed by atoms with Gasteiger partial charge in [0.25, 0.3) is 0 Å². The average Bonchev–Trinajstić information content (AvgIpc) is 2.47. The summed E-state index contributed by atoms with van der Waals surface area (Å²) in [5, 5.41) is 1.78. The van der Waals surface area contributed by atoms with Crippen LogP contribution in [0.3, 0.4) is 0 Å². The highest BCUT2D eigenvalue weighted by molar-refractivity contribution is 6.35. The van der Waals surface area contributed by atoms with E-state index in [0.717, 1.165) is 21.5 Å². The molecule has 74 valence electrons. The van der Waals surface area contributed by atoms with E-state index < -0.39 is 0 Å². The summed E-state index contributed by atoms with van der Waals surface area (Å²) in [7, 11) is 0. The number of H-pyrrole nitrogens is 1. The van der Waals surface area contributed by atoms with Gasteiger partial charge in [0.05, 0.1) is 5.02 Å². The van der Waals surface area contributed by atoms with Gasteiger partial charge in [-0.05, 0) is 31.5 Å². The van der Waals surface area contributed by atoms with Gasteiger partial charge in [-0.2, -0.15) is 0 Å². The van der Waals surface area contributed by atoms with E-state index in [1.807, 2.05) is 38.2 Å². The molecule has 14 heavy (non-hydrogen) atoms. The predicted molar refractivity (Wildman–Crippen MR) is 60.5 cm³/mol. The fraction of sp³-hybridized carbons (Fsp3) is 0.273. The molecule has 3 N–H and O–H groups in total. The van der Waals surface area contributed by atoms with Crippen LogP contribution in [0.2, 0.25) is 5.02 Å². The van der Waals surface area contributed by atoms with Crippen molar-refractivity contribution >= 4 is 22.5 Å². The third-order valence-corrected chi connectivity index (χ3v) is 2.66. The van der Waals surface area contributed by atoms with Crippen LogP contribution in [0.25, 0.3) is 10.9 Å². The van der Waals surface area contributed by atoms with E-state index in [4.69, 9.17) is 17.3 Å². The average molecular weight is 209 g/mol. The lowest BCUT2D eigenvalue weighted by Crippen LogP contribution is -2.28. The van der Waals surface area contributed by atoms with Gasteiger partial charge in [0, 0.05) is 22.6 Å². The smallest absolute Gasteiger partial charge is 0.0503 e. The lowest BCUT2D eigenvalue weighted by atomic mass is 9.95. The SMILES string of the molecule is CC(C)(N)c1c[nH]c2cccc(Cl)c12. The van der Waals surface area contributed by atoms with Crippen molar-refractivity contribution in [2.45, 2.75) is 19.4 Å². The van der Waals surface area contributed by atoms with E-state index in [1.54, 1.807) is 0 Å². The minimum absolute atomic E-state index is 0.372. The molecule has 3 heteroatoms. The van der Waals surface area contributed by atoms with Crippen molar-refractivity contribution < 1.29 is 0 Å². The molecule has 0 saturated carbocycles. The molecule has 0 atom stereocenters. The van der Waals surface area contributed by atoms with Crippen LogP contribution in [0.4, 0.5) is 0 Å². The summed E-state index contributed by atoms with van der Waals surface area (Å²) in [6.45, 7) is 3.94. The highest BCUT2D eigenvalue weighted by atomic mass is 35.5. The Morgan fingerprint density at radius 3 is 2.71 bits per heavy atom. The van der Waals surface area contributed by atoms with Gasteiger partial charge in [0.1, 0.15) is 0 Å². The Morgan fingerprint density at radius 2 is 2.07 bits per heavy atom. The van der Waals surface area contributed by atoms with E-state index in [9.17, 15) is 0 Å². The van der Waals surface area contributed by atoms with Crippen LogP contribution in [-0.2, 0) is 5.54 Å². The Kier molecular flexibility index (Phi) is 2.05. The lowest BCUT2D eigenvalue weighted by Gasteiger charge is -2.17. The summed E-state index contributed by atoms with van der Waals surface area (Å²) in [6.07, 6.45) is 1.93. The number of nitrogens with two attached hydrogens (primary N) is 1. The van der Waals surface area contributed by atoms with Crippen molar-refractivity contribution in [3.63, 3.8) is 0 Å². The van der Waals surface area contributed by atoms with Gasteiger partial charge < -0.3 is 10.7 Å². The molecule has 0 bridgehead atoms. The zero-order chi connectivity index (χ0) is 10.3. The maximum Gasteiger partial charge on any atom is 0.0503 e. The third kappa shape index (κ3) is 1.41. The fourth-order valence-electron chi connectivity index (χ4n) is 1.65. The molecule has 1 aromatic carbocycles. The first kappa shape index (κ1) is 9.56. The maximum atomic E-state index is 6.13. The van der Waals surface area contributed by atoms with Crippen molar-refractivity contribution in [3.05, 3.63) is 35.0 Å². The molecule has 0 aliphatic carbocycles. The first-order chi connectivity index (χ1) is 6.50. The van der Waals surface area contributed by atoms with Crippen LogP contribution in [0, 0.1) is 0 Å². The molecule has 0 unspecified atom stereocenters. The van der Waals surface area contributed by atoms with Crippen LogP contribution in [0.5, 0.6) is 0 Å². The number of fused-ring (bicyclic) bond motifs is 1. The predicted octanol–water partition coefficient (Wildman–Crippen LogP) is 3.02. The van der Waals surface area contributed by atoms with Crippen LogP contribution in [0.15, 0.2) is 24.4 Å². The molecular formula is C11H13ClN2. The molecule has 0 spiro atoms. The van der Waals surface area contributed by atoms with Gasteiger partial charge in [-0.3, -0.25) is 0 Å². The molecule has 0 amide bonds. The van der Waals surface area contributed by atoms with Gasteiger partial charge in [-0.1, -0.05) is 17.7 Å². The van der Waals surface area contributed by atoms with Crippen molar-refractivity contribution in [1.82, 2.24) is 4.98 Å². The second kappa shape index (κ2) is 3.01. The molecule has 1 aromatic heterocycles. The summed E-state index contributed by atoms with van der Waals surface area (Å²) in [4.78, 5) is 3.17. The second-order valence-corrected chi connectivity index (χ2v) is 4.49. The molecule has 0 saturated heterocycles. The van der Waals surface area contributed by atoms with Crippen LogP contribution < -0.4 is 5.73 Å². The number of benzene rings is 1. The van der Waals surface area contributed by atoms with Crippen molar-refractivity contribution in [3.8, 4) is 0 Å². The summed E-state index contributed by atoms with van der Waals surface area (Å²) in [5.74, 6) is 0. The minimum atomic E-state index is -0.372. The number of nitrogens with one attached hydrogen (secondary N) is 1. The quantitative estimate of drug-likeness (QED) is 0.743. The van der Waals surface area contributed by atoms with E-state index >= 15 is 0 Å². The Balaban J connectivity index is 2.80. The molecule has 0 fully saturated rings. The maximum absolute atomic E-state index is 6.13. The number of aromatic nitrogens is 1. The molecule has 2 nitrogen and oxygen atoms in total. The zero-order valence-corrected chi connectivity index (χ0v) is 9.02. The van der Waals surface area contributed by atoms with Gasteiger partial charge in [-0.15, -0.1) is 0 Å². The standard InChI is InChI=1S/C11H13ClN2/c1-11(2,13)7-6-14-9-5-3-4-8(12)10(7)9/h3-6,14H,13H2,1-2H3. The van der Waals surface area contributed by atoms with E-state index in [2.05, 4.69) is 4.98 Å². The van der Waals surface area contributed by atoms with Gasteiger partial charge >= 0.3 is 0 Å². The van der Waals surface area contributed by atoms with Crippen molar-refractivity contribution in [2.75, 3.05) is 0 Å². The van der Waals surface area contributed by atoms with Gasteiger partial charge in [-0.25, -0.2) is 0 Å². The molecule has 2 aromatic rings. The molecule has 1 heterocycles. The number of aromatic amines is 1. The zero-order valence-electron chi connectivity index (χ0n) is 8.26. The highest BCUT2D eigenvalue weighted by Gasteiger charge is 2.19. The lowest BCUT2D eigenvalue weighted by molar-refractivity contribution is 0.559. The van der Waals surface area contributed by atoms with Crippen molar-refractivity contribution in [1.29, 1.82) is 0 Å². The van der Waals surface area contributed by atoms with Crippen LogP contribution in [0.1, 0.15) is 19.4 Å². The Labute approximate surface area is 88.1 Å². The summed E-state index contributed by atoms with van der Waals surface area (Å²) in [6, 6.07) is 5.80. The summed E-state index contributed by atoms with van der Waals surface area (Å²) in [5.41, 5.74) is 7.77. The topological polar surface area (TPSA) is 41.8 Å². The monoisotopic (exact) mass is 208 g/mol. The normalized spacial score (nSPS) is 12.3. The summed E-state index contributed by atoms with van der Waals surface area (Å²) < 4.78 is 0. The van der Waals surface area contributed by atoms with Crippen molar-refractivity contribution in [2.24, 2.45) is 5.73 Å². The first-order valence-corrected chi connectivity index (χ1v) is 4.93. The number of halogens is 1. The second-order valence-electron chi connectivity index (χ2n) is 4.09. The molecule has 0 radical (unpaired) electrons. The third-order valence-electron chi connectivity index (χ3n) is 2.35. The van der Waals surface area contributed by atoms with Crippen LogP contribution >= 0.6 is 11.6 Å². The first-order valence-electron chi connectivity index (χ1n) is 4.55. The number of hydrogen-bond donors (Lipinski definition) is 2. The minimum Gasteiger partial charge on any atom is -0.361 e. The molecular weight excluding hydrogens is 196 g/mol. The Hall–Kier alpha value is -0.990. The fourth-order valence-corrected chi connectivity index (χ4v) is 1.92. The largest absolute Gasteiger partial charge is 0.361 e. The Bertz CT molecular complexity index is 466. The molecule has 2 rings (SSSR count). The van der Waals surface area contributed by atoms with E-state index in [0.29, 0.717) is 0 Å². The Morgan fingerprint density at radius 1 is 1.36 bits per heavy atom.